The number of hydrogen-bond acceptors (Lipinski definition) is 5. The summed E-state index contributed by atoms with van der Waals surface area (Å²) in [6.45, 7) is 9.08. The normalized spacial score (nSPS) is 17.4. The highest BCUT2D eigenvalue weighted by molar-refractivity contribution is 5.61. The van der Waals surface area contributed by atoms with Crippen LogP contribution >= 0.6 is 0 Å². The SMILES string of the molecule is CCO[C@H]1Cc2ccccc2[C@H]1Nc1nc(CC)c(Nc2ccc(C)cc2)nc1CC. The Kier molecular flexibility index (Phi) is 6.52. The quantitative estimate of drug-likeness (QED) is 0.488. The van der Waals surface area contributed by atoms with Crippen LogP contribution in [0.2, 0.25) is 0 Å². The third-order valence-corrected chi connectivity index (χ3v) is 5.88. The summed E-state index contributed by atoms with van der Waals surface area (Å²) in [5.41, 5.74) is 6.83. The highest BCUT2D eigenvalue weighted by Gasteiger charge is 2.33. The van der Waals surface area contributed by atoms with Crippen molar-refractivity contribution in [2.24, 2.45) is 0 Å². The summed E-state index contributed by atoms with van der Waals surface area (Å²) in [5.74, 6) is 1.70. The molecule has 1 aliphatic carbocycles. The predicted molar refractivity (Wildman–Crippen MR) is 127 cm³/mol. The van der Waals surface area contributed by atoms with Gasteiger partial charge in [-0.3, -0.25) is 0 Å². The zero-order valence-corrected chi connectivity index (χ0v) is 18.9. The standard InChI is InChI=1S/C26H32N4O/c1-5-21-25(27-19-14-12-17(4)13-15-19)28-22(6-2)26(29-21)30-24-20-11-9-8-10-18(20)16-23(24)31-7-3/h8-15,23-24H,5-7,16H2,1-4H3,(H,27,28)(H,29,30)/t23-,24+/m0/s1. The number of anilines is 3. The van der Waals surface area contributed by atoms with E-state index in [-0.39, 0.29) is 12.1 Å². The van der Waals surface area contributed by atoms with E-state index in [0.717, 1.165) is 48.0 Å². The second kappa shape index (κ2) is 9.48. The number of ether oxygens (including phenoxy) is 1. The maximum atomic E-state index is 6.09. The Morgan fingerprint density at radius 3 is 2.29 bits per heavy atom. The second-order valence-corrected chi connectivity index (χ2v) is 8.03. The Bertz CT molecular complexity index is 1030. The van der Waals surface area contributed by atoms with Crippen molar-refractivity contribution in [1.29, 1.82) is 0 Å². The fourth-order valence-electron chi connectivity index (χ4n) is 4.23. The zero-order valence-electron chi connectivity index (χ0n) is 18.9. The molecule has 0 fully saturated rings. The number of benzene rings is 2. The number of rotatable bonds is 8. The van der Waals surface area contributed by atoms with Crippen molar-refractivity contribution in [2.45, 2.75) is 59.1 Å². The molecule has 1 heterocycles. The zero-order chi connectivity index (χ0) is 21.8. The fourth-order valence-corrected chi connectivity index (χ4v) is 4.23. The van der Waals surface area contributed by atoms with Crippen LogP contribution in [0.25, 0.3) is 0 Å². The van der Waals surface area contributed by atoms with Crippen molar-refractivity contribution in [3.8, 4) is 0 Å². The lowest BCUT2D eigenvalue weighted by molar-refractivity contribution is 0.0573. The van der Waals surface area contributed by atoms with Crippen molar-refractivity contribution in [1.82, 2.24) is 9.97 Å². The molecule has 0 saturated heterocycles. The van der Waals surface area contributed by atoms with Gasteiger partial charge >= 0.3 is 0 Å². The van der Waals surface area contributed by atoms with Crippen LogP contribution in [0.3, 0.4) is 0 Å². The average molecular weight is 417 g/mol. The Hall–Kier alpha value is -2.92. The van der Waals surface area contributed by atoms with E-state index in [1.807, 2.05) is 0 Å². The van der Waals surface area contributed by atoms with Crippen molar-refractivity contribution < 1.29 is 4.74 Å². The monoisotopic (exact) mass is 416 g/mol. The molecule has 2 aromatic carbocycles. The van der Waals surface area contributed by atoms with Gasteiger partial charge in [0.25, 0.3) is 0 Å². The minimum Gasteiger partial charge on any atom is -0.376 e. The molecule has 0 spiro atoms. The molecule has 4 rings (SSSR count). The van der Waals surface area contributed by atoms with Gasteiger partial charge in [-0.05, 0) is 49.9 Å². The van der Waals surface area contributed by atoms with Gasteiger partial charge in [-0.15, -0.1) is 0 Å². The summed E-state index contributed by atoms with van der Waals surface area (Å²) < 4.78 is 6.09. The van der Waals surface area contributed by atoms with E-state index in [2.05, 4.69) is 86.9 Å². The number of aromatic nitrogens is 2. The summed E-state index contributed by atoms with van der Waals surface area (Å²) in [4.78, 5) is 9.99. The Balaban J connectivity index is 1.65. The molecule has 31 heavy (non-hydrogen) atoms. The highest BCUT2D eigenvalue weighted by Crippen LogP contribution is 2.36. The molecule has 1 aromatic heterocycles. The van der Waals surface area contributed by atoms with Gasteiger partial charge < -0.3 is 15.4 Å². The molecule has 0 radical (unpaired) electrons. The topological polar surface area (TPSA) is 59.1 Å². The van der Waals surface area contributed by atoms with Gasteiger partial charge in [0.2, 0.25) is 0 Å². The van der Waals surface area contributed by atoms with Crippen LogP contribution in [0.5, 0.6) is 0 Å². The number of aryl methyl sites for hydroxylation is 3. The molecule has 0 unspecified atom stereocenters. The first-order chi connectivity index (χ1) is 15.1. The maximum absolute atomic E-state index is 6.09. The first-order valence-electron chi connectivity index (χ1n) is 11.3. The van der Waals surface area contributed by atoms with Crippen LogP contribution < -0.4 is 10.6 Å². The van der Waals surface area contributed by atoms with E-state index < -0.39 is 0 Å². The smallest absolute Gasteiger partial charge is 0.152 e. The van der Waals surface area contributed by atoms with Crippen molar-refractivity contribution in [3.05, 3.63) is 76.6 Å². The van der Waals surface area contributed by atoms with Crippen molar-refractivity contribution >= 4 is 17.3 Å². The summed E-state index contributed by atoms with van der Waals surface area (Å²) in [5, 5.41) is 7.16. The van der Waals surface area contributed by atoms with Crippen LogP contribution in [-0.2, 0) is 24.0 Å². The van der Waals surface area contributed by atoms with Gasteiger partial charge in [-0.1, -0.05) is 55.8 Å². The molecule has 5 nitrogen and oxygen atoms in total. The Labute approximate surface area is 185 Å². The van der Waals surface area contributed by atoms with E-state index >= 15 is 0 Å². The Morgan fingerprint density at radius 2 is 1.58 bits per heavy atom. The van der Waals surface area contributed by atoms with Crippen LogP contribution in [0.4, 0.5) is 17.3 Å². The summed E-state index contributed by atoms with van der Waals surface area (Å²) in [6.07, 6.45) is 2.62. The number of hydrogen-bond donors (Lipinski definition) is 2. The average Bonchev–Trinajstić information content (AvgIpc) is 3.13. The van der Waals surface area contributed by atoms with Crippen molar-refractivity contribution in [2.75, 3.05) is 17.2 Å². The largest absolute Gasteiger partial charge is 0.376 e. The van der Waals surface area contributed by atoms with Gasteiger partial charge in [0, 0.05) is 18.7 Å². The molecule has 0 amide bonds. The molecule has 0 bridgehead atoms. The molecule has 0 aliphatic heterocycles. The van der Waals surface area contributed by atoms with E-state index in [0.29, 0.717) is 6.61 Å². The van der Waals surface area contributed by atoms with Gasteiger partial charge in [0.05, 0.1) is 23.5 Å². The number of fused-ring (bicyclic) bond motifs is 1. The molecule has 162 valence electrons. The van der Waals surface area contributed by atoms with Gasteiger partial charge in [0.15, 0.2) is 5.82 Å². The maximum Gasteiger partial charge on any atom is 0.152 e. The molecule has 2 atom stereocenters. The van der Waals surface area contributed by atoms with Gasteiger partial charge in [-0.25, -0.2) is 9.97 Å². The van der Waals surface area contributed by atoms with Crippen LogP contribution in [0, 0.1) is 6.92 Å². The minimum absolute atomic E-state index is 0.0800. The van der Waals surface area contributed by atoms with Crippen LogP contribution in [-0.4, -0.2) is 22.7 Å². The third-order valence-electron chi connectivity index (χ3n) is 5.88. The first-order valence-corrected chi connectivity index (χ1v) is 11.3. The molecular formula is C26H32N4O. The summed E-state index contributed by atoms with van der Waals surface area (Å²) >= 11 is 0. The molecule has 2 N–H and O–H groups in total. The van der Waals surface area contributed by atoms with E-state index in [4.69, 9.17) is 14.7 Å². The first kappa shape index (κ1) is 21.3. The molecule has 0 saturated carbocycles. The second-order valence-electron chi connectivity index (χ2n) is 8.03. The van der Waals surface area contributed by atoms with Gasteiger partial charge in [0.1, 0.15) is 5.82 Å². The highest BCUT2D eigenvalue weighted by atomic mass is 16.5. The fraction of sp³-hybridized carbons (Fsp3) is 0.385. The molecular weight excluding hydrogens is 384 g/mol. The van der Waals surface area contributed by atoms with E-state index in [1.54, 1.807) is 0 Å². The molecule has 3 aromatic rings. The van der Waals surface area contributed by atoms with Crippen molar-refractivity contribution in [3.63, 3.8) is 0 Å². The van der Waals surface area contributed by atoms with E-state index in [9.17, 15) is 0 Å². The predicted octanol–water partition coefficient (Wildman–Crippen LogP) is 5.77. The number of nitrogens with zero attached hydrogens (tertiary/aromatic N) is 2. The molecule has 5 heteroatoms. The lowest BCUT2D eigenvalue weighted by Crippen LogP contribution is -2.26. The third kappa shape index (κ3) is 4.57. The lowest BCUT2D eigenvalue weighted by atomic mass is 10.1. The summed E-state index contributed by atoms with van der Waals surface area (Å²) in [6, 6.07) is 17.0. The van der Waals surface area contributed by atoms with Gasteiger partial charge in [-0.2, -0.15) is 0 Å². The summed E-state index contributed by atoms with van der Waals surface area (Å²) in [7, 11) is 0. The Morgan fingerprint density at radius 1 is 0.903 bits per heavy atom. The minimum atomic E-state index is 0.0800. The lowest BCUT2D eigenvalue weighted by Gasteiger charge is -2.24. The van der Waals surface area contributed by atoms with E-state index in [1.165, 1.54) is 16.7 Å². The van der Waals surface area contributed by atoms with Crippen LogP contribution in [0.1, 0.15) is 54.9 Å². The van der Waals surface area contributed by atoms with Crippen LogP contribution in [0.15, 0.2) is 48.5 Å². The number of nitrogens with one attached hydrogen (secondary N) is 2. The molecule has 1 aliphatic rings.